The Kier molecular flexibility index (Phi) is 5.68. The van der Waals surface area contributed by atoms with Gasteiger partial charge in [-0.15, -0.1) is 11.3 Å². The van der Waals surface area contributed by atoms with Crippen LogP contribution in [0.4, 0.5) is 0 Å². The van der Waals surface area contributed by atoms with E-state index < -0.39 is 5.91 Å². The second-order valence-electron chi connectivity index (χ2n) is 4.16. The Hall–Kier alpha value is -2.19. The number of carbonyl (C=O) groups is 2. The van der Waals surface area contributed by atoms with E-state index in [0.29, 0.717) is 10.4 Å². The van der Waals surface area contributed by atoms with Crippen LogP contribution < -0.4 is 10.7 Å². The van der Waals surface area contributed by atoms with Crippen molar-refractivity contribution in [3.05, 3.63) is 50.6 Å². The van der Waals surface area contributed by atoms with Crippen LogP contribution in [0.5, 0.6) is 5.75 Å². The summed E-state index contributed by atoms with van der Waals surface area (Å²) in [6, 6.07) is 8.28. The van der Waals surface area contributed by atoms with Gasteiger partial charge in [0.25, 0.3) is 11.8 Å². The molecule has 2 amide bonds. The van der Waals surface area contributed by atoms with Crippen molar-refractivity contribution in [2.45, 2.75) is 0 Å². The number of amides is 2. The third-order valence-electron chi connectivity index (χ3n) is 2.54. The SMILES string of the molecule is O=C(CNC(=O)c1cccs1)NN=Cc1cc(Br)ccc1O. The quantitative estimate of drug-likeness (QED) is 0.546. The number of benzene rings is 1. The third-order valence-corrected chi connectivity index (χ3v) is 3.90. The Morgan fingerprint density at radius 2 is 2.18 bits per heavy atom. The lowest BCUT2D eigenvalue weighted by Crippen LogP contribution is -2.34. The van der Waals surface area contributed by atoms with Crippen LogP contribution in [0.3, 0.4) is 0 Å². The molecule has 0 atom stereocenters. The molecule has 3 N–H and O–H groups in total. The molecule has 0 saturated carbocycles. The van der Waals surface area contributed by atoms with Crippen LogP contribution in [-0.4, -0.2) is 29.7 Å². The number of thiophene rings is 1. The minimum atomic E-state index is -0.462. The minimum absolute atomic E-state index is 0.0483. The van der Waals surface area contributed by atoms with E-state index in [1.165, 1.54) is 23.6 Å². The Morgan fingerprint density at radius 3 is 2.91 bits per heavy atom. The summed E-state index contributed by atoms with van der Waals surface area (Å²) in [5.74, 6) is -0.721. The summed E-state index contributed by atoms with van der Waals surface area (Å²) in [6.45, 7) is -0.182. The summed E-state index contributed by atoms with van der Waals surface area (Å²) < 4.78 is 0.779. The standard InChI is InChI=1S/C14H12BrN3O3S/c15-10-3-4-11(19)9(6-10)7-17-18-13(20)8-16-14(21)12-2-1-5-22-12/h1-7,19H,8H2,(H,16,21)(H,18,20). The molecule has 0 bridgehead atoms. The topological polar surface area (TPSA) is 90.8 Å². The predicted molar refractivity (Wildman–Crippen MR) is 88.2 cm³/mol. The second-order valence-corrected chi connectivity index (χ2v) is 6.02. The highest BCUT2D eigenvalue weighted by Crippen LogP contribution is 2.19. The van der Waals surface area contributed by atoms with Gasteiger partial charge in [-0.05, 0) is 29.6 Å². The van der Waals surface area contributed by atoms with Crippen molar-refractivity contribution < 1.29 is 14.7 Å². The van der Waals surface area contributed by atoms with Gasteiger partial charge < -0.3 is 10.4 Å². The number of halogens is 1. The van der Waals surface area contributed by atoms with Crippen LogP contribution >= 0.6 is 27.3 Å². The molecule has 0 aliphatic heterocycles. The van der Waals surface area contributed by atoms with Crippen molar-refractivity contribution in [1.29, 1.82) is 0 Å². The van der Waals surface area contributed by atoms with Gasteiger partial charge in [0.2, 0.25) is 0 Å². The number of phenolic OH excluding ortho intramolecular Hbond substituents is 1. The highest BCUT2D eigenvalue weighted by atomic mass is 79.9. The number of carbonyl (C=O) groups excluding carboxylic acids is 2. The monoisotopic (exact) mass is 381 g/mol. The van der Waals surface area contributed by atoms with Gasteiger partial charge in [-0.25, -0.2) is 5.43 Å². The van der Waals surface area contributed by atoms with Crippen molar-refractivity contribution in [3.8, 4) is 5.75 Å². The molecule has 2 aromatic rings. The van der Waals surface area contributed by atoms with Crippen LogP contribution in [0.2, 0.25) is 0 Å². The predicted octanol–water partition coefficient (Wildman–Crippen LogP) is 2.10. The van der Waals surface area contributed by atoms with Gasteiger partial charge in [0.15, 0.2) is 0 Å². The molecule has 0 fully saturated rings. The van der Waals surface area contributed by atoms with Crippen molar-refractivity contribution in [1.82, 2.24) is 10.7 Å². The molecular formula is C14H12BrN3O3S. The molecule has 22 heavy (non-hydrogen) atoms. The van der Waals surface area contributed by atoms with Gasteiger partial charge in [-0.1, -0.05) is 22.0 Å². The molecule has 8 heteroatoms. The molecule has 0 aliphatic rings. The first-order chi connectivity index (χ1) is 10.6. The van der Waals surface area contributed by atoms with Gasteiger partial charge >= 0.3 is 0 Å². The van der Waals surface area contributed by atoms with Gasteiger partial charge in [-0.2, -0.15) is 5.10 Å². The van der Waals surface area contributed by atoms with Crippen LogP contribution in [0.25, 0.3) is 0 Å². The maximum Gasteiger partial charge on any atom is 0.261 e. The number of hydrogen-bond acceptors (Lipinski definition) is 5. The number of hydrogen-bond donors (Lipinski definition) is 3. The fourth-order valence-electron chi connectivity index (χ4n) is 1.50. The van der Waals surface area contributed by atoms with Crippen molar-refractivity contribution in [2.24, 2.45) is 5.10 Å². The second kappa shape index (κ2) is 7.71. The minimum Gasteiger partial charge on any atom is -0.507 e. The molecule has 0 unspecified atom stereocenters. The van der Waals surface area contributed by atoms with E-state index in [-0.39, 0.29) is 18.2 Å². The van der Waals surface area contributed by atoms with E-state index in [1.807, 2.05) is 0 Å². The number of phenols is 1. The Balaban J connectivity index is 1.81. The molecule has 0 spiro atoms. The summed E-state index contributed by atoms with van der Waals surface area (Å²) in [5, 5.41) is 17.6. The van der Waals surface area contributed by atoms with Gasteiger partial charge in [0.05, 0.1) is 17.6 Å². The lowest BCUT2D eigenvalue weighted by atomic mass is 10.2. The summed E-state index contributed by atoms with van der Waals surface area (Å²) >= 11 is 4.57. The largest absolute Gasteiger partial charge is 0.507 e. The smallest absolute Gasteiger partial charge is 0.261 e. The van der Waals surface area contributed by atoms with Crippen molar-refractivity contribution in [3.63, 3.8) is 0 Å². The molecule has 0 aliphatic carbocycles. The normalized spacial score (nSPS) is 10.6. The van der Waals surface area contributed by atoms with Crippen molar-refractivity contribution in [2.75, 3.05) is 6.54 Å². The van der Waals surface area contributed by atoms with Crippen LogP contribution in [0.1, 0.15) is 15.2 Å². The summed E-state index contributed by atoms with van der Waals surface area (Å²) in [6.07, 6.45) is 1.32. The number of aromatic hydroxyl groups is 1. The summed E-state index contributed by atoms with van der Waals surface area (Å²) in [7, 11) is 0. The lowest BCUT2D eigenvalue weighted by molar-refractivity contribution is -0.120. The summed E-state index contributed by atoms with van der Waals surface area (Å²) in [4.78, 5) is 23.7. The zero-order chi connectivity index (χ0) is 15.9. The van der Waals surface area contributed by atoms with E-state index in [2.05, 4.69) is 31.8 Å². The van der Waals surface area contributed by atoms with Gasteiger partial charge in [-0.3, -0.25) is 9.59 Å². The lowest BCUT2D eigenvalue weighted by Gasteiger charge is -2.02. The molecule has 0 radical (unpaired) electrons. The fourth-order valence-corrected chi connectivity index (χ4v) is 2.52. The van der Waals surface area contributed by atoms with E-state index in [1.54, 1.807) is 29.6 Å². The van der Waals surface area contributed by atoms with E-state index >= 15 is 0 Å². The number of hydrazone groups is 1. The highest BCUT2D eigenvalue weighted by Gasteiger charge is 2.08. The third kappa shape index (κ3) is 4.68. The number of nitrogens with one attached hydrogen (secondary N) is 2. The average molecular weight is 382 g/mol. The Morgan fingerprint density at radius 1 is 1.36 bits per heavy atom. The van der Waals surface area contributed by atoms with Crippen molar-refractivity contribution >= 4 is 45.3 Å². The molecule has 0 saturated heterocycles. The Labute approximate surface area is 139 Å². The molecular weight excluding hydrogens is 370 g/mol. The molecule has 1 aromatic carbocycles. The summed E-state index contributed by atoms with van der Waals surface area (Å²) in [5.41, 5.74) is 2.73. The van der Waals surface area contributed by atoms with Crippen LogP contribution in [-0.2, 0) is 4.79 Å². The zero-order valence-corrected chi connectivity index (χ0v) is 13.6. The molecule has 1 aromatic heterocycles. The zero-order valence-electron chi connectivity index (χ0n) is 11.2. The fraction of sp³-hybridized carbons (Fsp3) is 0.0714. The van der Waals surface area contributed by atoms with E-state index in [0.717, 1.165) is 4.47 Å². The first-order valence-corrected chi connectivity index (χ1v) is 7.85. The maximum absolute atomic E-state index is 11.6. The average Bonchev–Trinajstić information content (AvgIpc) is 3.02. The van der Waals surface area contributed by atoms with Crippen LogP contribution in [0, 0.1) is 0 Å². The van der Waals surface area contributed by atoms with E-state index in [9.17, 15) is 14.7 Å². The maximum atomic E-state index is 11.6. The van der Waals surface area contributed by atoms with Crippen LogP contribution in [0.15, 0.2) is 45.3 Å². The highest BCUT2D eigenvalue weighted by molar-refractivity contribution is 9.10. The molecule has 1 heterocycles. The number of nitrogens with zero attached hydrogens (tertiary/aromatic N) is 1. The first kappa shape index (κ1) is 16.2. The first-order valence-electron chi connectivity index (χ1n) is 6.18. The molecule has 114 valence electrons. The molecule has 2 rings (SSSR count). The molecule has 6 nitrogen and oxygen atoms in total. The van der Waals surface area contributed by atoms with E-state index in [4.69, 9.17) is 0 Å². The van der Waals surface area contributed by atoms with Gasteiger partial charge in [0, 0.05) is 10.0 Å². The Bertz CT molecular complexity index is 701. The number of rotatable bonds is 5. The van der Waals surface area contributed by atoms with Gasteiger partial charge in [0.1, 0.15) is 5.75 Å².